The van der Waals surface area contributed by atoms with Crippen molar-refractivity contribution in [2.75, 3.05) is 20.1 Å². The quantitative estimate of drug-likeness (QED) is 0.641. The van der Waals surface area contributed by atoms with E-state index in [1.807, 2.05) is 12.1 Å². The minimum absolute atomic E-state index is 1.04. The summed E-state index contributed by atoms with van der Waals surface area (Å²) >= 11 is 0. The molecule has 0 unspecified atom stereocenters. The monoisotopic (exact) mass is 173 g/mol. The van der Waals surface area contributed by atoms with Gasteiger partial charge in [0.05, 0.1) is 5.69 Å². The summed E-state index contributed by atoms with van der Waals surface area (Å²) in [5, 5.41) is 0. The number of hydrogen-bond acceptors (Lipinski definition) is 2. The Labute approximate surface area is 78.9 Å². The highest BCUT2D eigenvalue weighted by atomic mass is 15.1. The number of likely N-dealkylation sites (N-methyl/N-ethyl adjacent to an activating group) is 1. The van der Waals surface area contributed by atoms with Crippen molar-refractivity contribution in [1.29, 1.82) is 0 Å². The van der Waals surface area contributed by atoms with Crippen molar-refractivity contribution in [2.24, 2.45) is 0 Å². The van der Waals surface area contributed by atoms with E-state index in [4.69, 9.17) is 0 Å². The van der Waals surface area contributed by atoms with Crippen LogP contribution in [0.3, 0.4) is 0 Å². The molecule has 0 aromatic carbocycles. The molecule has 0 bridgehead atoms. The van der Waals surface area contributed by atoms with Crippen molar-refractivity contribution in [3.05, 3.63) is 36.2 Å². The van der Waals surface area contributed by atoms with E-state index in [0.717, 1.165) is 25.2 Å². The second-order valence-electron chi connectivity index (χ2n) is 3.39. The predicted molar refractivity (Wildman–Crippen MR) is 53.2 cm³/mol. The SMILES string of the molecule is CN1CC=C(c2cc[c]cn2)CC1. The van der Waals surface area contributed by atoms with Crippen LogP contribution in [0.1, 0.15) is 12.1 Å². The van der Waals surface area contributed by atoms with Crippen LogP contribution in [0.4, 0.5) is 0 Å². The Hall–Kier alpha value is -1.15. The Morgan fingerprint density at radius 3 is 3.08 bits per heavy atom. The average Bonchev–Trinajstić information content (AvgIpc) is 2.20. The van der Waals surface area contributed by atoms with E-state index in [-0.39, 0.29) is 0 Å². The van der Waals surface area contributed by atoms with Gasteiger partial charge in [-0.2, -0.15) is 0 Å². The molecular weight excluding hydrogens is 160 g/mol. The van der Waals surface area contributed by atoms with E-state index >= 15 is 0 Å². The van der Waals surface area contributed by atoms with Crippen molar-refractivity contribution in [1.82, 2.24) is 9.88 Å². The average molecular weight is 173 g/mol. The van der Waals surface area contributed by atoms with Crippen molar-refractivity contribution < 1.29 is 0 Å². The van der Waals surface area contributed by atoms with Gasteiger partial charge in [0.1, 0.15) is 0 Å². The van der Waals surface area contributed by atoms with Crippen LogP contribution in [0.25, 0.3) is 5.57 Å². The molecular formula is C11H13N2. The summed E-state index contributed by atoms with van der Waals surface area (Å²) in [6, 6.07) is 6.87. The standard InChI is InChI=1S/C11H13N2/c1-13-8-5-10(6-9-13)11-4-2-3-7-12-11/h2,4-5,7H,6,8-9H2,1H3. The number of hydrogen-bond donors (Lipinski definition) is 0. The fourth-order valence-corrected chi connectivity index (χ4v) is 1.51. The maximum atomic E-state index is 4.29. The van der Waals surface area contributed by atoms with Crippen LogP contribution < -0.4 is 0 Å². The Balaban J connectivity index is 2.19. The lowest BCUT2D eigenvalue weighted by Crippen LogP contribution is -2.23. The highest BCUT2D eigenvalue weighted by molar-refractivity contribution is 5.63. The molecule has 0 saturated carbocycles. The molecule has 0 aliphatic carbocycles. The summed E-state index contributed by atoms with van der Waals surface area (Å²) in [6.45, 7) is 2.17. The smallest absolute Gasteiger partial charge is 0.0659 e. The van der Waals surface area contributed by atoms with Crippen LogP contribution in [0, 0.1) is 6.07 Å². The van der Waals surface area contributed by atoms with Gasteiger partial charge in [-0.3, -0.25) is 4.98 Å². The maximum absolute atomic E-state index is 4.29. The second kappa shape index (κ2) is 3.71. The molecule has 1 radical (unpaired) electrons. The molecule has 0 N–H and O–H groups in total. The van der Waals surface area contributed by atoms with Gasteiger partial charge in [0.25, 0.3) is 0 Å². The highest BCUT2D eigenvalue weighted by Gasteiger charge is 2.09. The fourth-order valence-electron chi connectivity index (χ4n) is 1.51. The minimum atomic E-state index is 1.04. The molecule has 0 fully saturated rings. The Kier molecular flexibility index (Phi) is 2.41. The number of pyridine rings is 1. The van der Waals surface area contributed by atoms with Crippen molar-refractivity contribution >= 4 is 5.57 Å². The van der Waals surface area contributed by atoms with Crippen molar-refractivity contribution in [3.63, 3.8) is 0 Å². The summed E-state index contributed by atoms with van der Waals surface area (Å²) in [6.07, 6.45) is 5.09. The zero-order valence-corrected chi connectivity index (χ0v) is 7.83. The van der Waals surface area contributed by atoms with Gasteiger partial charge in [0, 0.05) is 25.4 Å². The predicted octanol–water partition coefficient (Wildman–Crippen LogP) is 1.60. The highest BCUT2D eigenvalue weighted by Crippen LogP contribution is 2.18. The summed E-state index contributed by atoms with van der Waals surface area (Å²) < 4.78 is 0. The van der Waals surface area contributed by atoms with Gasteiger partial charge in [0.15, 0.2) is 0 Å². The van der Waals surface area contributed by atoms with Crippen LogP contribution in [0.5, 0.6) is 0 Å². The molecule has 2 heterocycles. The number of aromatic nitrogens is 1. The van der Waals surface area contributed by atoms with E-state index in [0.29, 0.717) is 0 Å². The first kappa shape index (κ1) is 8.45. The molecule has 0 amide bonds. The molecule has 0 spiro atoms. The van der Waals surface area contributed by atoms with E-state index in [9.17, 15) is 0 Å². The van der Waals surface area contributed by atoms with Crippen LogP contribution in [0.2, 0.25) is 0 Å². The third-order valence-corrected chi connectivity index (χ3v) is 2.36. The van der Waals surface area contributed by atoms with E-state index in [2.05, 4.69) is 29.1 Å². The molecule has 0 atom stereocenters. The summed E-state index contributed by atoms with van der Waals surface area (Å²) in [5.41, 5.74) is 2.47. The van der Waals surface area contributed by atoms with Gasteiger partial charge in [0.2, 0.25) is 0 Å². The first-order chi connectivity index (χ1) is 6.36. The summed E-state index contributed by atoms with van der Waals surface area (Å²) in [7, 11) is 2.14. The van der Waals surface area contributed by atoms with Crippen LogP contribution in [-0.4, -0.2) is 30.0 Å². The molecule has 2 nitrogen and oxygen atoms in total. The van der Waals surface area contributed by atoms with E-state index in [1.54, 1.807) is 6.20 Å². The van der Waals surface area contributed by atoms with Crippen LogP contribution in [-0.2, 0) is 0 Å². The Morgan fingerprint density at radius 2 is 2.46 bits per heavy atom. The minimum Gasteiger partial charge on any atom is -0.302 e. The molecule has 1 aliphatic heterocycles. The van der Waals surface area contributed by atoms with Gasteiger partial charge >= 0.3 is 0 Å². The van der Waals surface area contributed by atoms with Crippen LogP contribution in [0.15, 0.2) is 24.4 Å². The summed E-state index contributed by atoms with van der Waals surface area (Å²) in [4.78, 5) is 6.59. The van der Waals surface area contributed by atoms with Gasteiger partial charge in [-0.05, 0) is 25.1 Å². The molecule has 0 saturated heterocycles. The molecule has 2 heteroatoms. The lowest BCUT2D eigenvalue weighted by Gasteiger charge is -2.21. The molecule has 13 heavy (non-hydrogen) atoms. The van der Waals surface area contributed by atoms with Gasteiger partial charge < -0.3 is 4.90 Å². The lowest BCUT2D eigenvalue weighted by atomic mass is 10.0. The van der Waals surface area contributed by atoms with E-state index in [1.165, 1.54) is 5.57 Å². The second-order valence-corrected chi connectivity index (χ2v) is 3.39. The molecule has 2 rings (SSSR count). The zero-order valence-electron chi connectivity index (χ0n) is 7.83. The summed E-state index contributed by atoms with van der Waals surface area (Å²) in [5.74, 6) is 0. The molecule has 1 aliphatic rings. The largest absolute Gasteiger partial charge is 0.302 e. The van der Waals surface area contributed by atoms with Crippen molar-refractivity contribution in [2.45, 2.75) is 6.42 Å². The van der Waals surface area contributed by atoms with Crippen molar-refractivity contribution in [3.8, 4) is 0 Å². The van der Waals surface area contributed by atoms with Gasteiger partial charge in [-0.1, -0.05) is 12.1 Å². The number of nitrogens with zero attached hydrogens (tertiary/aromatic N) is 2. The Morgan fingerprint density at radius 1 is 1.54 bits per heavy atom. The van der Waals surface area contributed by atoms with Gasteiger partial charge in [-0.15, -0.1) is 0 Å². The molecule has 1 aromatic rings. The topological polar surface area (TPSA) is 16.1 Å². The lowest BCUT2D eigenvalue weighted by molar-refractivity contribution is 0.370. The van der Waals surface area contributed by atoms with Crippen LogP contribution >= 0.6 is 0 Å². The first-order valence-corrected chi connectivity index (χ1v) is 4.56. The first-order valence-electron chi connectivity index (χ1n) is 4.56. The maximum Gasteiger partial charge on any atom is 0.0659 e. The molecule has 67 valence electrons. The zero-order chi connectivity index (χ0) is 9.10. The van der Waals surface area contributed by atoms with E-state index < -0.39 is 0 Å². The number of rotatable bonds is 1. The normalized spacial score (nSPS) is 18.4. The Bertz CT molecular complexity index is 303. The third kappa shape index (κ3) is 1.95. The fraction of sp³-hybridized carbons (Fsp3) is 0.364. The van der Waals surface area contributed by atoms with Gasteiger partial charge in [-0.25, -0.2) is 0 Å². The molecule has 1 aromatic heterocycles. The third-order valence-electron chi connectivity index (χ3n) is 2.36.